The Labute approximate surface area is 81.6 Å². The highest BCUT2D eigenvalue weighted by Crippen LogP contribution is 2.16. The van der Waals surface area contributed by atoms with Gasteiger partial charge >= 0.3 is 5.76 Å². The predicted molar refractivity (Wildman–Crippen MR) is 54.1 cm³/mol. The molecule has 0 saturated heterocycles. The first-order valence-electron chi connectivity index (χ1n) is 4.57. The number of hydrogen-bond acceptors (Lipinski definition) is 2. The van der Waals surface area contributed by atoms with Crippen molar-refractivity contribution in [1.82, 2.24) is 4.57 Å². The average Bonchev–Trinajstić information content (AvgIpc) is 2.61. The zero-order chi connectivity index (χ0) is 9.97. The predicted octanol–water partition coefficient (Wildman–Crippen LogP) is 2.13. The Balaban J connectivity index is 2.48. The Morgan fingerprint density at radius 1 is 1.29 bits per heavy atom. The number of oxazole rings is 1. The number of benzene rings is 1. The van der Waals surface area contributed by atoms with Gasteiger partial charge in [-0.05, 0) is 6.92 Å². The molecule has 0 atom stereocenters. The van der Waals surface area contributed by atoms with Crippen molar-refractivity contribution in [2.75, 3.05) is 0 Å². The first-order chi connectivity index (χ1) is 6.81. The summed E-state index contributed by atoms with van der Waals surface area (Å²) in [7, 11) is 0. The van der Waals surface area contributed by atoms with Gasteiger partial charge in [-0.1, -0.05) is 30.3 Å². The lowest BCUT2D eigenvalue weighted by atomic mass is 10.2. The summed E-state index contributed by atoms with van der Waals surface area (Å²) >= 11 is 0. The lowest BCUT2D eigenvalue weighted by Gasteiger charge is -1.92. The second-order valence-corrected chi connectivity index (χ2v) is 3.01. The maximum absolute atomic E-state index is 11.2. The topological polar surface area (TPSA) is 35.1 Å². The number of aromatic nitrogens is 1. The molecule has 0 fully saturated rings. The summed E-state index contributed by atoms with van der Waals surface area (Å²) in [6.45, 7) is 2.54. The van der Waals surface area contributed by atoms with E-state index in [1.807, 2.05) is 37.3 Å². The lowest BCUT2D eigenvalue weighted by molar-refractivity contribution is 0.493. The number of nitrogens with zero attached hydrogens (tertiary/aromatic N) is 1. The summed E-state index contributed by atoms with van der Waals surface area (Å²) < 4.78 is 6.64. The zero-order valence-electron chi connectivity index (χ0n) is 7.93. The Kier molecular flexibility index (Phi) is 2.23. The van der Waals surface area contributed by atoms with E-state index in [0.29, 0.717) is 12.3 Å². The van der Waals surface area contributed by atoms with Crippen LogP contribution in [0.5, 0.6) is 0 Å². The van der Waals surface area contributed by atoms with E-state index in [-0.39, 0.29) is 5.76 Å². The highest BCUT2D eigenvalue weighted by atomic mass is 16.4. The molecule has 0 bridgehead atoms. The molecule has 0 saturated carbocycles. The fraction of sp³-hybridized carbons (Fsp3) is 0.182. The summed E-state index contributed by atoms with van der Waals surface area (Å²) in [6, 6.07) is 9.59. The van der Waals surface area contributed by atoms with Crippen LogP contribution in [0.15, 0.2) is 45.7 Å². The zero-order valence-corrected chi connectivity index (χ0v) is 7.93. The Hall–Kier alpha value is -1.77. The molecule has 3 heteroatoms. The average molecular weight is 189 g/mol. The van der Waals surface area contributed by atoms with Gasteiger partial charge in [0.05, 0.1) is 6.20 Å². The van der Waals surface area contributed by atoms with E-state index in [9.17, 15) is 4.79 Å². The third-order valence-electron chi connectivity index (χ3n) is 2.10. The first kappa shape index (κ1) is 8.81. The van der Waals surface area contributed by atoms with Gasteiger partial charge < -0.3 is 4.42 Å². The molecular weight excluding hydrogens is 178 g/mol. The smallest absolute Gasteiger partial charge is 0.408 e. The van der Waals surface area contributed by atoms with Crippen LogP contribution >= 0.6 is 0 Å². The lowest BCUT2D eigenvalue weighted by Crippen LogP contribution is -2.10. The van der Waals surface area contributed by atoms with Crippen LogP contribution in [0.25, 0.3) is 11.3 Å². The maximum atomic E-state index is 11.2. The van der Waals surface area contributed by atoms with Crippen LogP contribution in [0.3, 0.4) is 0 Å². The Morgan fingerprint density at radius 2 is 2.00 bits per heavy atom. The van der Waals surface area contributed by atoms with Gasteiger partial charge in [0, 0.05) is 12.1 Å². The maximum Gasteiger partial charge on any atom is 0.419 e. The van der Waals surface area contributed by atoms with Crippen LogP contribution < -0.4 is 5.76 Å². The fourth-order valence-electron chi connectivity index (χ4n) is 1.33. The number of rotatable bonds is 2. The van der Waals surface area contributed by atoms with Gasteiger partial charge in [0.25, 0.3) is 0 Å². The van der Waals surface area contributed by atoms with Gasteiger partial charge in [-0.2, -0.15) is 0 Å². The van der Waals surface area contributed by atoms with Gasteiger partial charge in [-0.25, -0.2) is 4.79 Å². The largest absolute Gasteiger partial charge is 0.419 e. The van der Waals surface area contributed by atoms with Crippen LogP contribution in [-0.4, -0.2) is 4.57 Å². The second-order valence-electron chi connectivity index (χ2n) is 3.01. The third-order valence-corrected chi connectivity index (χ3v) is 2.10. The Morgan fingerprint density at radius 3 is 2.57 bits per heavy atom. The SMILES string of the molecule is CCn1cc(-c2ccccc2)oc1=O. The van der Waals surface area contributed by atoms with E-state index in [1.54, 1.807) is 10.8 Å². The molecule has 0 spiro atoms. The molecule has 2 rings (SSSR count). The van der Waals surface area contributed by atoms with Crippen LogP contribution in [0, 0.1) is 0 Å². The van der Waals surface area contributed by atoms with Gasteiger partial charge in [-0.15, -0.1) is 0 Å². The standard InChI is InChI=1S/C11H11NO2/c1-2-12-8-10(14-11(12)13)9-6-4-3-5-7-9/h3-8H,2H2,1H3. The second kappa shape index (κ2) is 3.54. The third kappa shape index (κ3) is 1.48. The van der Waals surface area contributed by atoms with E-state index in [1.165, 1.54) is 0 Å². The van der Waals surface area contributed by atoms with E-state index >= 15 is 0 Å². The highest BCUT2D eigenvalue weighted by Gasteiger charge is 2.05. The summed E-state index contributed by atoms with van der Waals surface area (Å²) in [5.74, 6) is 0.323. The molecule has 72 valence electrons. The van der Waals surface area contributed by atoms with Crippen molar-refractivity contribution in [1.29, 1.82) is 0 Å². The van der Waals surface area contributed by atoms with Crippen molar-refractivity contribution in [3.63, 3.8) is 0 Å². The Bertz CT molecular complexity index is 468. The number of aryl methyl sites for hydroxylation is 1. The van der Waals surface area contributed by atoms with E-state index in [4.69, 9.17) is 4.42 Å². The van der Waals surface area contributed by atoms with Crippen LogP contribution in [-0.2, 0) is 6.54 Å². The first-order valence-corrected chi connectivity index (χ1v) is 4.57. The van der Waals surface area contributed by atoms with Crippen LogP contribution in [0.4, 0.5) is 0 Å². The van der Waals surface area contributed by atoms with Gasteiger partial charge in [0.15, 0.2) is 5.76 Å². The molecule has 14 heavy (non-hydrogen) atoms. The minimum absolute atomic E-state index is 0.300. The molecular formula is C11H11NO2. The van der Waals surface area contributed by atoms with Gasteiger partial charge in [0.2, 0.25) is 0 Å². The molecule has 0 radical (unpaired) electrons. The van der Waals surface area contributed by atoms with Crippen molar-refractivity contribution in [2.45, 2.75) is 13.5 Å². The molecule has 0 aliphatic carbocycles. The van der Waals surface area contributed by atoms with Crippen molar-refractivity contribution in [3.05, 3.63) is 47.1 Å². The summed E-state index contributed by atoms with van der Waals surface area (Å²) in [4.78, 5) is 11.2. The van der Waals surface area contributed by atoms with Gasteiger partial charge in [0.1, 0.15) is 0 Å². The molecule has 0 unspecified atom stereocenters. The minimum Gasteiger partial charge on any atom is -0.408 e. The molecule has 0 amide bonds. The van der Waals surface area contributed by atoms with E-state index < -0.39 is 0 Å². The summed E-state index contributed by atoms with van der Waals surface area (Å²) in [5.41, 5.74) is 0.928. The molecule has 1 aromatic heterocycles. The monoisotopic (exact) mass is 189 g/mol. The normalized spacial score (nSPS) is 10.4. The molecule has 1 heterocycles. The molecule has 0 aliphatic rings. The van der Waals surface area contributed by atoms with Crippen molar-refractivity contribution in [3.8, 4) is 11.3 Å². The summed E-state index contributed by atoms with van der Waals surface area (Å²) in [6.07, 6.45) is 1.73. The van der Waals surface area contributed by atoms with Crippen molar-refractivity contribution < 1.29 is 4.42 Å². The quantitative estimate of drug-likeness (QED) is 0.725. The molecule has 2 aromatic rings. The van der Waals surface area contributed by atoms with Gasteiger partial charge in [-0.3, -0.25) is 4.57 Å². The number of hydrogen-bond donors (Lipinski definition) is 0. The fourth-order valence-corrected chi connectivity index (χ4v) is 1.33. The van der Waals surface area contributed by atoms with Crippen LogP contribution in [0.1, 0.15) is 6.92 Å². The highest BCUT2D eigenvalue weighted by molar-refractivity contribution is 5.55. The summed E-state index contributed by atoms with van der Waals surface area (Å²) in [5, 5.41) is 0. The van der Waals surface area contributed by atoms with Crippen molar-refractivity contribution in [2.24, 2.45) is 0 Å². The molecule has 0 N–H and O–H groups in total. The molecule has 1 aromatic carbocycles. The van der Waals surface area contributed by atoms with E-state index in [2.05, 4.69) is 0 Å². The minimum atomic E-state index is -0.300. The molecule has 3 nitrogen and oxygen atoms in total. The molecule has 0 aliphatic heterocycles. The van der Waals surface area contributed by atoms with Crippen LogP contribution in [0.2, 0.25) is 0 Å². The van der Waals surface area contributed by atoms with E-state index in [0.717, 1.165) is 5.56 Å². The van der Waals surface area contributed by atoms with Crippen molar-refractivity contribution >= 4 is 0 Å².